The maximum atomic E-state index is 12.7. The smallest absolute Gasteiger partial charge is 0.261 e. The van der Waals surface area contributed by atoms with E-state index < -0.39 is 10.0 Å². The minimum atomic E-state index is -3.88. The standard InChI is InChI=1S/C21H19ClN2O4S/c1-14-4-3-5-15(12-14)21(25)23-20-13-18(10-11-19(20)22)29(26,27)24-16-6-8-17(28-2)9-7-16/h3-13,24H,1-2H3,(H,23,25). The van der Waals surface area contributed by atoms with E-state index in [1.807, 2.05) is 13.0 Å². The highest BCUT2D eigenvalue weighted by Gasteiger charge is 2.17. The molecule has 0 radical (unpaired) electrons. The highest BCUT2D eigenvalue weighted by atomic mass is 35.5. The lowest BCUT2D eigenvalue weighted by molar-refractivity contribution is 0.102. The average molecular weight is 431 g/mol. The van der Waals surface area contributed by atoms with Crippen LogP contribution in [-0.4, -0.2) is 21.4 Å². The van der Waals surface area contributed by atoms with Gasteiger partial charge < -0.3 is 10.1 Å². The van der Waals surface area contributed by atoms with E-state index in [9.17, 15) is 13.2 Å². The molecule has 0 saturated heterocycles. The Bertz CT molecular complexity index is 1150. The molecule has 0 saturated carbocycles. The number of halogens is 1. The van der Waals surface area contributed by atoms with Gasteiger partial charge in [-0.15, -0.1) is 0 Å². The Morgan fingerprint density at radius 2 is 1.72 bits per heavy atom. The predicted octanol–water partition coefficient (Wildman–Crippen LogP) is 4.71. The van der Waals surface area contributed by atoms with Crippen molar-refractivity contribution in [3.63, 3.8) is 0 Å². The zero-order valence-electron chi connectivity index (χ0n) is 15.8. The summed E-state index contributed by atoms with van der Waals surface area (Å²) in [7, 11) is -2.35. The largest absolute Gasteiger partial charge is 0.497 e. The van der Waals surface area contributed by atoms with Crippen molar-refractivity contribution in [1.29, 1.82) is 0 Å². The van der Waals surface area contributed by atoms with E-state index in [2.05, 4.69) is 10.0 Å². The summed E-state index contributed by atoms with van der Waals surface area (Å²) in [4.78, 5) is 12.5. The van der Waals surface area contributed by atoms with Gasteiger partial charge in [-0.05, 0) is 61.5 Å². The molecule has 0 atom stereocenters. The number of hydrogen-bond donors (Lipinski definition) is 2. The number of carbonyl (C=O) groups is 1. The van der Waals surface area contributed by atoms with E-state index in [1.165, 1.54) is 25.3 Å². The first kappa shape index (κ1) is 20.7. The van der Waals surface area contributed by atoms with Gasteiger partial charge in [0.1, 0.15) is 5.75 Å². The minimum Gasteiger partial charge on any atom is -0.497 e. The molecule has 3 aromatic carbocycles. The number of nitrogens with one attached hydrogen (secondary N) is 2. The summed E-state index contributed by atoms with van der Waals surface area (Å²) in [6, 6.07) is 17.6. The molecule has 0 aliphatic heterocycles. The molecule has 1 amide bonds. The molecule has 2 N–H and O–H groups in total. The molecule has 3 rings (SSSR count). The number of hydrogen-bond acceptors (Lipinski definition) is 4. The van der Waals surface area contributed by atoms with Crippen LogP contribution in [0.3, 0.4) is 0 Å². The molecular formula is C21H19ClN2O4S. The number of rotatable bonds is 6. The molecule has 0 spiro atoms. The second kappa shape index (κ2) is 8.55. The number of ether oxygens (including phenoxy) is 1. The van der Waals surface area contributed by atoms with Gasteiger partial charge in [-0.3, -0.25) is 9.52 Å². The fraction of sp³-hybridized carbons (Fsp3) is 0.0952. The van der Waals surface area contributed by atoms with E-state index in [-0.39, 0.29) is 21.5 Å². The van der Waals surface area contributed by atoms with Gasteiger partial charge in [0, 0.05) is 11.3 Å². The third-order valence-corrected chi connectivity index (χ3v) is 5.83. The minimum absolute atomic E-state index is 0.0303. The number of benzene rings is 3. The molecule has 0 aliphatic rings. The summed E-state index contributed by atoms with van der Waals surface area (Å²) < 4.78 is 33.0. The van der Waals surface area contributed by atoms with Crippen LogP contribution in [0.15, 0.2) is 71.6 Å². The van der Waals surface area contributed by atoms with Crippen LogP contribution in [0.2, 0.25) is 5.02 Å². The normalized spacial score (nSPS) is 11.0. The Hall–Kier alpha value is -3.03. The van der Waals surface area contributed by atoms with Crippen molar-refractivity contribution in [3.05, 3.63) is 82.9 Å². The van der Waals surface area contributed by atoms with Crippen molar-refractivity contribution < 1.29 is 17.9 Å². The first-order chi connectivity index (χ1) is 13.8. The van der Waals surface area contributed by atoms with E-state index >= 15 is 0 Å². The molecule has 29 heavy (non-hydrogen) atoms. The van der Waals surface area contributed by atoms with E-state index in [0.717, 1.165) is 5.56 Å². The first-order valence-corrected chi connectivity index (χ1v) is 10.5. The van der Waals surface area contributed by atoms with E-state index in [4.69, 9.17) is 16.3 Å². The summed E-state index contributed by atoms with van der Waals surface area (Å²) in [5.41, 5.74) is 1.97. The lowest BCUT2D eigenvalue weighted by Crippen LogP contribution is -2.15. The second-order valence-electron chi connectivity index (χ2n) is 6.30. The molecule has 0 bridgehead atoms. The molecule has 0 fully saturated rings. The topological polar surface area (TPSA) is 84.5 Å². The summed E-state index contributed by atoms with van der Waals surface area (Å²) in [6.45, 7) is 1.88. The Kier molecular flexibility index (Phi) is 6.10. The van der Waals surface area contributed by atoms with Gasteiger partial charge in [0.05, 0.1) is 22.7 Å². The number of amides is 1. The fourth-order valence-electron chi connectivity index (χ4n) is 2.62. The maximum Gasteiger partial charge on any atom is 0.261 e. The van der Waals surface area contributed by atoms with Crippen molar-refractivity contribution in [2.45, 2.75) is 11.8 Å². The highest BCUT2D eigenvalue weighted by Crippen LogP contribution is 2.27. The average Bonchev–Trinajstić information content (AvgIpc) is 2.69. The van der Waals surface area contributed by atoms with Gasteiger partial charge in [-0.2, -0.15) is 0 Å². The highest BCUT2D eigenvalue weighted by molar-refractivity contribution is 7.92. The maximum absolute atomic E-state index is 12.7. The lowest BCUT2D eigenvalue weighted by atomic mass is 10.1. The van der Waals surface area contributed by atoms with Gasteiger partial charge in [0.15, 0.2) is 0 Å². The molecule has 0 aromatic heterocycles. The van der Waals surface area contributed by atoms with E-state index in [1.54, 1.807) is 42.5 Å². The van der Waals surface area contributed by atoms with Crippen molar-refractivity contribution in [2.24, 2.45) is 0 Å². The second-order valence-corrected chi connectivity index (χ2v) is 8.39. The van der Waals surface area contributed by atoms with Crippen molar-refractivity contribution in [3.8, 4) is 5.75 Å². The van der Waals surface area contributed by atoms with E-state index in [0.29, 0.717) is 17.0 Å². The molecule has 6 nitrogen and oxygen atoms in total. The van der Waals surface area contributed by atoms with Crippen LogP contribution in [0.1, 0.15) is 15.9 Å². The molecule has 0 heterocycles. The third-order valence-electron chi connectivity index (χ3n) is 4.12. The van der Waals surface area contributed by atoms with Crippen molar-refractivity contribution >= 4 is 38.9 Å². The Morgan fingerprint density at radius 3 is 2.38 bits per heavy atom. The quantitative estimate of drug-likeness (QED) is 0.593. The number of aryl methyl sites for hydroxylation is 1. The molecule has 8 heteroatoms. The van der Waals surface area contributed by atoms with Crippen LogP contribution >= 0.6 is 11.6 Å². The Morgan fingerprint density at radius 1 is 1.00 bits per heavy atom. The predicted molar refractivity (Wildman–Crippen MR) is 114 cm³/mol. The van der Waals surface area contributed by atoms with Crippen molar-refractivity contribution in [2.75, 3.05) is 17.1 Å². The van der Waals surface area contributed by atoms with Crippen LogP contribution in [0.5, 0.6) is 5.75 Å². The van der Waals surface area contributed by atoms with Gasteiger partial charge >= 0.3 is 0 Å². The summed E-state index contributed by atoms with van der Waals surface area (Å²) in [6.07, 6.45) is 0. The van der Waals surface area contributed by atoms with Gasteiger partial charge in [0.2, 0.25) is 0 Å². The summed E-state index contributed by atoms with van der Waals surface area (Å²) in [5, 5.41) is 2.90. The molecule has 0 aliphatic carbocycles. The Balaban J connectivity index is 1.84. The molecule has 3 aromatic rings. The van der Waals surface area contributed by atoms with Gasteiger partial charge in [-0.1, -0.05) is 29.3 Å². The SMILES string of the molecule is COc1ccc(NS(=O)(=O)c2ccc(Cl)c(NC(=O)c3cccc(C)c3)c2)cc1. The fourth-order valence-corrected chi connectivity index (χ4v) is 3.87. The number of carbonyl (C=O) groups excluding carboxylic acids is 1. The zero-order valence-corrected chi connectivity index (χ0v) is 17.3. The van der Waals surface area contributed by atoms with Crippen LogP contribution < -0.4 is 14.8 Å². The zero-order chi connectivity index (χ0) is 21.0. The Labute approximate surface area is 174 Å². The van der Waals surface area contributed by atoms with Crippen molar-refractivity contribution in [1.82, 2.24) is 0 Å². The van der Waals surface area contributed by atoms with Gasteiger partial charge in [-0.25, -0.2) is 8.42 Å². The van der Waals surface area contributed by atoms with Crippen LogP contribution in [-0.2, 0) is 10.0 Å². The van der Waals surface area contributed by atoms with Crippen LogP contribution in [0.4, 0.5) is 11.4 Å². The van der Waals surface area contributed by atoms with Crippen LogP contribution in [0, 0.1) is 6.92 Å². The molecule has 0 unspecified atom stereocenters. The van der Waals surface area contributed by atoms with Gasteiger partial charge in [0.25, 0.3) is 15.9 Å². The number of sulfonamides is 1. The van der Waals surface area contributed by atoms with Crippen LogP contribution in [0.25, 0.3) is 0 Å². The molecular weight excluding hydrogens is 412 g/mol. The molecule has 150 valence electrons. The summed E-state index contributed by atoms with van der Waals surface area (Å²) >= 11 is 6.16. The number of anilines is 2. The monoisotopic (exact) mass is 430 g/mol. The summed E-state index contributed by atoms with van der Waals surface area (Å²) in [5.74, 6) is 0.230. The number of methoxy groups -OCH3 is 1. The lowest BCUT2D eigenvalue weighted by Gasteiger charge is -2.12. The first-order valence-electron chi connectivity index (χ1n) is 8.63. The third kappa shape index (κ3) is 5.07.